The van der Waals surface area contributed by atoms with Crippen LogP contribution in [0.5, 0.6) is 0 Å². The molecule has 2 unspecified atom stereocenters. The summed E-state index contributed by atoms with van der Waals surface area (Å²) in [5.41, 5.74) is 1.12. The Morgan fingerprint density at radius 2 is 1.29 bits per heavy atom. The SMILES string of the molecule is O[C@@H]1[C@H]2OC(Cl)(c3ccccc3)O[C@H]2COC(Cl)(c2ccccc2)OC[C@H]1O. The molecule has 0 amide bonds. The summed E-state index contributed by atoms with van der Waals surface area (Å²) < 4.78 is 23.2. The van der Waals surface area contributed by atoms with Crippen LogP contribution in [0.3, 0.4) is 0 Å². The standard InChI is InChI=1S/C20H20Cl2O6/c21-19(13-7-3-1-4-8-13)25-11-15(23)17(24)18-16(12-26-19)27-20(22,28-18)14-9-5-2-6-10-14/h1-10,15-18,23-24H,11-12H2/t15-,16+,17+,18+,19?,20?/m1/s1. The molecule has 150 valence electrons. The van der Waals surface area contributed by atoms with Crippen molar-refractivity contribution in [2.45, 2.75) is 34.9 Å². The number of halogens is 2. The minimum absolute atomic E-state index is 0.0753. The van der Waals surface area contributed by atoms with Crippen LogP contribution in [0.1, 0.15) is 11.1 Å². The minimum atomic E-state index is -1.65. The normalized spacial score (nSPS) is 38.9. The second-order valence-electron chi connectivity index (χ2n) is 6.72. The van der Waals surface area contributed by atoms with E-state index in [2.05, 4.69) is 0 Å². The molecule has 6 nitrogen and oxygen atoms in total. The van der Waals surface area contributed by atoms with Gasteiger partial charge in [-0.3, -0.25) is 0 Å². The summed E-state index contributed by atoms with van der Waals surface area (Å²) in [6, 6.07) is 17.8. The first-order valence-electron chi connectivity index (χ1n) is 8.90. The predicted octanol–water partition coefficient (Wildman–Crippen LogP) is 2.64. The number of aliphatic hydroxyl groups excluding tert-OH is 2. The smallest absolute Gasteiger partial charge is 0.277 e. The summed E-state index contributed by atoms with van der Waals surface area (Å²) in [6.07, 6.45) is -4.32. The molecular formula is C20H20Cl2O6. The van der Waals surface area contributed by atoms with Crippen molar-refractivity contribution in [2.24, 2.45) is 0 Å². The third kappa shape index (κ3) is 3.79. The van der Waals surface area contributed by atoms with E-state index in [0.29, 0.717) is 11.1 Å². The van der Waals surface area contributed by atoms with Gasteiger partial charge in [-0.1, -0.05) is 83.9 Å². The van der Waals surface area contributed by atoms with Crippen LogP contribution in [0.15, 0.2) is 60.7 Å². The quantitative estimate of drug-likeness (QED) is 0.718. The van der Waals surface area contributed by atoms with Crippen LogP contribution < -0.4 is 0 Å². The van der Waals surface area contributed by atoms with Gasteiger partial charge in [0.2, 0.25) is 0 Å². The molecule has 2 aliphatic rings. The molecule has 4 rings (SSSR count). The highest BCUT2D eigenvalue weighted by atomic mass is 35.5. The Balaban J connectivity index is 1.62. The van der Waals surface area contributed by atoms with Crippen LogP contribution in [0.4, 0.5) is 0 Å². The molecule has 2 heterocycles. The van der Waals surface area contributed by atoms with Crippen molar-refractivity contribution in [2.75, 3.05) is 13.2 Å². The maximum absolute atomic E-state index is 10.6. The van der Waals surface area contributed by atoms with E-state index in [9.17, 15) is 10.2 Å². The molecule has 2 aromatic rings. The lowest BCUT2D eigenvalue weighted by Gasteiger charge is -2.29. The Hall–Kier alpha value is -1.22. The number of fused-ring (bicyclic) bond motifs is 1. The van der Waals surface area contributed by atoms with Gasteiger partial charge in [0, 0.05) is 11.1 Å². The van der Waals surface area contributed by atoms with Crippen LogP contribution >= 0.6 is 23.2 Å². The van der Waals surface area contributed by atoms with Gasteiger partial charge in [0.15, 0.2) is 0 Å². The average Bonchev–Trinajstić information content (AvgIpc) is 3.10. The van der Waals surface area contributed by atoms with E-state index in [1.807, 2.05) is 12.1 Å². The van der Waals surface area contributed by atoms with Crippen molar-refractivity contribution in [1.82, 2.24) is 0 Å². The number of ether oxygens (including phenoxy) is 4. The summed E-state index contributed by atoms with van der Waals surface area (Å²) in [5.74, 6) is 0. The molecule has 6 atom stereocenters. The summed E-state index contributed by atoms with van der Waals surface area (Å²) >= 11 is 13.1. The van der Waals surface area contributed by atoms with E-state index in [1.54, 1.807) is 48.5 Å². The molecular weight excluding hydrogens is 407 g/mol. The van der Waals surface area contributed by atoms with E-state index < -0.39 is 34.9 Å². The number of aliphatic hydroxyl groups is 2. The van der Waals surface area contributed by atoms with E-state index in [1.165, 1.54) is 0 Å². The molecule has 2 aliphatic heterocycles. The van der Waals surface area contributed by atoms with Gasteiger partial charge in [-0.15, -0.1) is 0 Å². The molecule has 0 radical (unpaired) electrons. The molecule has 2 fully saturated rings. The van der Waals surface area contributed by atoms with Crippen LogP contribution in [0, 0.1) is 0 Å². The predicted molar refractivity (Wildman–Crippen MR) is 102 cm³/mol. The number of hydrogen-bond donors (Lipinski definition) is 2. The lowest BCUT2D eigenvalue weighted by atomic mass is 10.0. The van der Waals surface area contributed by atoms with Gasteiger partial charge in [0.1, 0.15) is 24.4 Å². The highest BCUT2D eigenvalue weighted by Gasteiger charge is 2.53. The van der Waals surface area contributed by atoms with Gasteiger partial charge in [0.25, 0.3) is 10.5 Å². The van der Waals surface area contributed by atoms with E-state index >= 15 is 0 Å². The first kappa shape index (κ1) is 20.1. The van der Waals surface area contributed by atoms with Gasteiger partial charge in [0.05, 0.1) is 13.2 Å². The van der Waals surface area contributed by atoms with Crippen molar-refractivity contribution < 1.29 is 29.2 Å². The van der Waals surface area contributed by atoms with Gasteiger partial charge in [-0.05, 0) is 0 Å². The lowest BCUT2D eigenvalue weighted by molar-refractivity contribution is -0.215. The van der Waals surface area contributed by atoms with Crippen molar-refractivity contribution in [1.29, 1.82) is 0 Å². The number of benzene rings is 2. The van der Waals surface area contributed by atoms with Gasteiger partial charge < -0.3 is 29.2 Å². The molecule has 8 heteroatoms. The second-order valence-corrected chi connectivity index (χ2v) is 7.72. The third-order valence-corrected chi connectivity index (χ3v) is 5.63. The monoisotopic (exact) mass is 426 g/mol. The first-order chi connectivity index (χ1) is 13.4. The second kappa shape index (κ2) is 7.89. The molecule has 0 aliphatic carbocycles. The Morgan fingerprint density at radius 1 is 0.750 bits per heavy atom. The topological polar surface area (TPSA) is 77.4 Å². The average molecular weight is 427 g/mol. The van der Waals surface area contributed by atoms with Crippen molar-refractivity contribution in [3.8, 4) is 0 Å². The van der Waals surface area contributed by atoms with E-state index in [-0.39, 0.29) is 13.2 Å². The Kier molecular flexibility index (Phi) is 5.66. The fraction of sp³-hybridized carbons (Fsp3) is 0.400. The van der Waals surface area contributed by atoms with Crippen molar-refractivity contribution in [3.05, 3.63) is 71.8 Å². The highest BCUT2D eigenvalue weighted by molar-refractivity contribution is 6.22. The van der Waals surface area contributed by atoms with Crippen LogP contribution in [0.2, 0.25) is 0 Å². The van der Waals surface area contributed by atoms with Gasteiger partial charge in [-0.25, -0.2) is 0 Å². The highest BCUT2D eigenvalue weighted by Crippen LogP contribution is 2.44. The van der Waals surface area contributed by atoms with E-state index in [0.717, 1.165) is 0 Å². The van der Waals surface area contributed by atoms with E-state index in [4.69, 9.17) is 42.1 Å². The van der Waals surface area contributed by atoms with Gasteiger partial charge in [-0.2, -0.15) is 0 Å². The fourth-order valence-electron chi connectivity index (χ4n) is 3.28. The summed E-state index contributed by atoms with van der Waals surface area (Å²) in [6.45, 7) is -0.346. The fourth-order valence-corrected chi connectivity index (χ4v) is 3.87. The Labute approximate surface area is 172 Å². The molecule has 0 spiro atoms. The molecule has 2 N–H and O–H groups in total. The number of hydrogen-bond acceptors (Lipinski definition) is 6. The Morgan fingerprint density at radius 3 is 1.89 bits per heavy atom. The third-order valence-electron chi connectivity index (χ3n) is 4.80. The number of rotatable bonds is 2. The minimum Gasteiger partial charge on any atom is -0.388 e. The molecule has 2 aromatic carbocycles. The largest absolute Gasteiger partial charge is 0.388 e. The molecule has 0 aromatic heterocycles. The zero-order valence-electron chi connectivity index (χ0n) is 14.8. The summed E-state index contributed by atoms with van der Waals surface area (Å²) in [5, 5.41) is 17.8. The molecule has 0 bridgehead atoms. The van der Waals surface area contributed by atoms with Gasteiger partial charge >= 0.3 is 0 Å². The Bertz CT molecular complexity index is 794. The molecule has 28 heavy (non-hydrogen) atoms. The molecule has 2 saturated heterocycles. The lowest BCUT2D eigenvalue weighted by Crippen LogP contribution is -2.45. The molecule has 0 saturated carbocycles. The van der Waals surface area contributed by atoms with Crippen LogP contribution in [-0.4, -0.2) is 47.8 Å². The van der Waals surface area contributed by atoms with Crippen molar-refractivity contribution >= 4 is 23.2 Å². The van der Waals surface area contributed by atoms with Crippen molar-refractivity contribution in [3.63, 3.8) is 0 Å². The first-order valence-corrected chi connectivity index (χ1v) is 9.65. The number of alkyl halides is 2. The maximum atomic E-state index is 10.6. The summed E-state index contributed by atoms with van der Waals surface area (Å²) in [7, 11) is 0. The maximum Gasteiger partial charge on any atom is 0.277 e. The van der Waals surface area contributed by atoms with Crippen LogP contribution in [0.25, 0.3) is 0 Å². The zero-order chi connectivity index (χ0) is 19.8. The summed E-state index contributed by atoms with van der Waals surface area (Å²) in [4.78, 5) is 0. The zero-order valence-corrected chi connectivity index (χ0v) is 16.3. The van der Waals surface area contributed by atoms with Crippen LogP contribution in [-0.2, 0) is 29.4 Å².